The van der Waals surface area contributed by atoms with Gasteiger partial charge in [0.05, 0.1) is 5.84 Å². The van der Waals surface area contributed by atoms with Gasteiger partial charge in [-0.05, 0) is 19.9 Å². The molecule has 0 aromatic carbocycles. The van der Waals surface area contributed by atoms with Gasteiger partial charge in [0.25, 0.3) is 5.56 Å². The van der Waals surface area contributed by atoms with E-state index in [1.807, 2.05) is 6.07 Å². The van der Waals surface area contributed by atoms with Crippen molar-refractivity contribution in [2.45, 2.75) is 32.9 Å². The predicted octanol–water partition coefficient (Wildman–Crippen LogP) is 0.885. The highest BCUT2D eigenvalue weighted by Gasteiger charge is 2.09. The summed E-state index contributed by atoms with van der Waals surface area (Å²) >= 11 is 0. The van der Waals surface area contributed by atoms with Crippen molar-refractivity contribution >= 4 is 5.84 Å². The largest absolute Gasteiger partial charge is 0.388 e. The van der Waals surface area contributed by atoms with Crippen LogP contribution in [0.15, 0.2) is 29.2 Å². The Labute approximate surface area is 108 Å². The van der Waals surface area contributed by atoms with Crippen molar-refractivity contribution in [3.63, 3.8) is 0 Å². The summed E-state index contributed by atoms with van der Waals surface area (Å²) in [7, 11) is 0. The van der Waals surface area contributed by atoms with E-state index in [0.29, 0.717) is 19.0 Å². The Morgan fingerprint density at radius 2 is 2.17 bits per heavy atom. The van der Waals surface area contributed by atoms with E-state index in [2.05, 4.69) is 18.7 Å². The van der Waals surface area contributed by atoms with Crippen LogP contribution in [0.4, 0.5) is 0 Å². The fourth-order valence-electron chi connectivity index (χ4n) is 1.77. The van der Waals surface area contributed by atoms with Crippen molar-refractivity contribution in [1.82, 2.24) is 9.47 Å². The number of rotatable bonds is 7. The third-order valence-corrected chi connectivity index (χ3v) is 2.93. The van der Waals surface area contributed by atoms with Gasteiger partial charge in [-0.25, -0.2) is 0 Å². The number of amidine groups is 1. The summed E-state index contributed by atoms with van der Waals surface area (Å²) in [5.74, 6) is 0.206. The minimum Gasteiger partial charge on any atom is -0.388 e. The van der Waals surface area contributed by atoms with E-state index in [-0.39, 0.29) is 11.4 Å². The maximum absolute atomic E-state index is 11.6. The normalized spacial score (nSPS) is 11.1. The quantitative estimate of drug-likeness (QED) is 0.557. The highest BCUT2D eigenvalue weighted by atomic mass is 16.1. The molecule has 0 unspecified atom stereocenters. The third kappa shape index (κ3) is 4.71. The first-order valence-corrected chi connectivity index (χ1v) is 6.23. The zero-order valence-electron chi connectivity index (χ0n) is 11.1. The molecule has 0 saturated heterocycles. The van der Waals surface area contributed by atoms with E-state index in [9.17, 15) is 4.79 Å². The fourth-order valence-corrected chi connectivity index (χ4v) is 1.77. The molecule has 0 saturated carbocycles. The van der Waals surface area contributed by atoms with E-state index in [4.69, 9.17) is 11.1 Å². The van der Waals surface area contributed by atoms with Crippen LogP contribution in [0.2, 0.25) is 0 Å². The van der Waals surface area contributed by atoms with E-state index in [1.54, 1.807) is 22.9 Å². The molecule has 1 heterocycles. The lowest BCUT2D eigenvalue weighted by Gasteiger charge is -2.26. The molecule has 18 heavy (non-hydrogen) atoms. The lowest BCUT2D eigenvalue weighted by Crippen LogP contribution is -2.37. The van der Waals surface area contributed by atoms with Gasteiger partial charge in [0.15, 0.2) is 0 Å². The summed E-state index contributed by atoms with van der Waals surface area (Å²) in [6, 6.07) is 5.55. The van der Waals surface area contributed by atoms with Gasteiger partial charge < -0.3 is 10.3 Å². The molecule has 0 atom stereocenters. The van der Waals surface area contributed by atoms with Crippen LogP contribution in [0.25, 0.3) is 0 Å². The SMILES string of the molecule is CC(C)N(CCC(=N)N)CCn1ccccc1=O. The molecule has 1 rings (SSSR count). The van der Waals surface area contributed by atoms with E-state index in [1.165, 1.54) is 0 Å². The van der Waals surface area contributed by atoms with Gasteiger partial charge in [-0.3, -0.25) is 15.1 Å². The van der Waals surface area contributed by atoms with Crippen LogP contribution >= 0.6 is 0 Å². The van der Waals surface area contributed by atoms with Crippen molar-refractivity contribution in [1.29, 1.82) is 5.41 Å². The molecule has 0 aliphatic carbocycles. The van der Waals surface area contributed by atoms with Crippen molar-refractivity contribution in [3.05, 3.63) is 34.7 Å². The molecule has 0 spiro atoms. The molecule has 0 aliphatic rings. The van der Waals surface area contributed by atoms with Crippen LogP contribution < -0.4 is 11.3 Å². The zero-order valence-corrected chi connectivity index (χ0v) is 11.1. The summed E-state index contributed by atoms with van der Waals surface area (Å²) in [5.41, 5.74) is 5.39. The zero-order chi connectivity index (χ0) is 13.5. The summed E-state index contributed by atoms with van der Waals surface area (Å²) in [6.07, 6.45) is 2.37. The lowest BCUT2D eigenvalue weighted by molar-refractivity contribution is 0.218. The number of nitrogens with one attached hydrogen (secondary N) is 1. The van der Waals surface area contributed by atoms with Crippen LogP contribution in [-0.4, -0.2) is 34.4 Å². The minimum absolute atomic E-state index is 0.0211. The third-order valence-electron chi connectivity index (χ3n) is 2.93. The molecule has 0 bridgehead atoms. The van der Waals surface area contributed by atoms with Crippen LogP contribution in [0.1, 0.15) is 20.3 Å². The Kier molecular flexibility index (Phi) is 5.58. The molecule has 0 amide bonds. The van der Waals surface area contributed by atoms with Crippen LogP contribution in [0.3, 0.4) is 0 Å². The molecular weight excluding hydrogens is 228 g/mol. The van der Waals surface area contributed by atoms with Gasteiger partial charge in [-0.1, -0.05) is 6.07 Å². The number of nitrogens with zero attached hydrogens (tertiary/aromatic N) is 2. The first-order valence-electron chi connectivity index (χ1n) is 6.23. The van der Waals surface area contributed by atoms with Gasteiger partial charge in [0, 0.05) is 44.4 Å². The maximum atomic E-state index is 11.6. The molecule has 0 radical (unpaired) electrons. The summed E-state index contributed by atoms with van der Waals surface area (Å²) < 4.78 is 1.70. The first kappa shape index (κ1) is 14.4. The molecule has 0 aliphatic heterocycles. The van der Waals surface area contributed by atoms with Gasteiger partial charge in [0.2, 0.25) is 0 Å². The summed E-state index contributed by atoms with van der Waals surface area (Å²) in [4.78, 5) is 13.8. The predicted molar refractivity (Wildman–Crippen MR) is 73.9 cm³/mol. The van der Waals surface area contributed by atoms with Crippen molar-refractivity contribution in [2.24, 2.45) is 5.73 Å². The first-order chi connectivity index (χ1) is 8.50. The Balaban J connectivity index is 2.55. The van der Waals surface area contributed by atoms with Gasteiger partial charge in [-0.15, -0.1) is 0 Å². The molecule has 5 nitrogen and oxygen atoms in total. The number of hydrogen-bond donors (Lipinski definition) is 2. The standard InChI is InChI=1S/C13H22N4O/c1-11(2)16(8-6-12(14)15)9-10-17-7-4-3-5-13(17)18/h3-5,7,11H,6,8-10H2,1-2H3,(H3,14,15). The number of hydrogen-bond acceptors (Lipinski definition) is 3. The van der Waals surface area contributed by atoms with Crippen molar-refractivity contribution in [3.8, 4) is 0 Å². The molecule has 100 valence electrons. The molecule has 3 N–H and O–H groups in total. The topological polar surface area (TPSA) is 75.1 Å². The molecule has 5 heteroatoms. The molecular formula is C13H22N4O. The molecule has 1 aromatic rings. The summed E-state index contributed by atoms with van der Waals surface area (Å²) in [6.45, 7) is 6.42. The number of aromatic nitrogens is 1. The van der Waals surface area contributed by atoms with Crippen molar-refractivity contribution < 1.29 is 0 Å². The average molecular weight is 250 g/mol. The Morgan fingerprint density at radius 1 is 1.44 bits per heavy atom. The number of pyridine rings is 1. The number of nitrogens with two attached hydrogens (primary N) is 1. The van der Waals surface area contributed by atoms with Crippen LogP contribution in [-0.2, 0) is 6.54 Å². The van der Waals surface area contributed by atoms with Gasteiger partial charge >= 0.3 is 0 Å². The van der Waals surface area contributed by atoms with E-state index >= 15 is 0 Å². The Bertz CT molecular complexity index is 439. The highest BCUT2D eigenvalue weighted by Crippen LogP contribution is 2.00. The molecule has 0 fully saturated rings. The Hall–Kier alpha value is -1.62. The smallest absolute Gasteiger partial charge is 0.250 e. The average Bonchev–Trinajstić information content (AvgIpc) is 2.30. The van der Waals surface area contributed by atoms with E-state index < -0.39 is 0 Å². The van der Waals surface area contributed by atoms with Gasteiger partial charge in [0.1, 0.15) is 0 Å². The fraction of sp³-hybridized carbons (Fsp3) is 0.538. The van der Waals surface area contributed by atoms with Crippen molar-refractivity contribution in [2.75, 3.05) is 13.1 Å². The van der Waals surface area contributed by atoms with Gasteiger partial charge in [-0.2, -0.15) is 0 Å². The maximum Gasteiger partial charge on any atom is 0.250 e. The van der Waals surface area contributed by atoms with Crippen LogP contribution in [0, 0.1) is 5.41 Å². The second kappa shape index (κ2) is 6.96. The minimum atomic E-state index is 0.0211. The van der Waals surface area contributed by atoms with E-state index in [0.717, 1.165) is 13.1 Å². The summed E-state index contributed by atoms with van der Waals surface area (Å²) in [5, 5.41) is 7.25. The lowest BCUT2D eigenvalue weighted by atomic mass is 10.2. The second-order valence-corrected chi connectivity index (χ2v) is 4.64. The Morgan fingerprint density at radius 3 is 2.72 bits per heavy atom. The van der Waals surface area contributed by atoms with Crippen LogP contribution in [0.5, 0.6) is 0 Å². The monoisotopic (exact) mass is 250 g/mol. The highest BCUT2D eigenvalue weighted by molar-refractivity contribution is 5.76. The molecule has 1 aromatic heterocycles. The second-order valence-electron chi connectivity index (χ2n) is 4.64.